The van der Waals surface area contributed by atoms with E-state index < -0.39 is 22.5 Å². The third-order valence-corrected chi connectivity index (χ3v) is 2.09. The van der Waals surface area contributed by atoms with Crippen LogP contribution in [0.25, 0.3) is 0 Å². The predicted octanol–water partition coefficient (Wildman–Crippen LogP) is 2.76. The van der Waals surface area contributed by atoms with Gasteiger partial charge in [0.05, 0.1) is 6.10 Å². The molecule has 0 aliphatic heterocycles. The summed E-state index contributed by atoms with van der Waals surface area (Å²) < 4.78 is 55.8. The molecule has 1 atom stereocenters. The summed E-state index contributed by atoms with van der Waals surface area (Å²) >= 11 is 0. The van der Waals surface area contributed by atoms with E-state index >= 15 is 0 Å². The summed E-state index contributed by atoms with van der Waals surface area (Å²) in [7, 11) is -4.98. The van der Waals surface area contributed by atoms with Crippen molar-refractivity contribution in [3.8, 4) is 0 Å². The van der Waals surface area contributed by atoms with Crippen LogP contribution in [0.3, 0.4) is 0 Å². The summed E-state index contributed by atoms with van der Waals surface area (Å²) in [6.07, 6.45) is -0.0310. The summed E-state index contributed by atoms with van der Waals surface area (Å²) in [6.45, 7) is 4.34. The average Bonchev–Trinajstić information content (AvgIpc) is 1.84. The van der Waals surface area contributed by atoms with Gasteiger partial charge < -0.3 is 9.11 Å². The zero-order valence-electron chi connectivity index (χ0n) is 6.21. The molecule has 2 N–H and O–H groups in total. The van der Waals surface area contributed by atoms with Crippen LogP contribution in [0.5, 0.6) is 0 Å². The first kappa shape index (κ1) is 11.8. The van der Waals surface area contributed by atoms with Crippen LogP contribution in [0, 0.1) is 0 Å². The Labute approximate surface area is 69.4 Å². The van der Waals surface area contributed by atoms with Gasteiger partial charge in [-0.2, -0.15) is 13.2 Å². The van der Waals surface area contributed by atoms with Gasteiger partial charge >= 0.3 is 5.51 Å². The monoisotopic (exact) mass is 206 g/mol. The average molecular weight is 206 g/mol. The maximum atomic E-state index is 11.7. The van der Waals surface area contributed by atoms with Crippen molar-refractivity contribution in [2.24, 2.45) is 0 Å². The summed E-state index contributed by atoms with van der Waals surface area (Å²) in [5.74, 6) is 0. The van der Waals surface area contributed by atoms with E-state index in [1.54, 1.807) is 0 Å². The summed E-state index contributed by atoms with van der Waals surface area (Å²) in [5.41, 5.74) is -5.15. The fraction of sp³-hybridized carbons (Fsp3) is 0.600. The summed E-state index contributed by atoms with van der Waals surface area (Å²) in [6, 6.07) is 0. The normalized spacial score (nSPS) is 17.2. The fourth-order valence-corrected chi connectivity index (χ4v) is 0.916. The maximum absolute atomic E-state index is 11.7. The Morgan fingerprint density at radius 1 is 1.50 bits per heavy atom. The summed E-state index contributed by atoms with van der Waals surface area (Å²) in [4.78, 5) is 0. The lowest BCUT2D eigenvalue weighted by Gasteiger charge is -2.29. The number of rotatable bonds is 3. The van der Waals surface area contributed by atoms with Crippen molar-refractivity contribution in [2.45, 2.75) is 18.5 Å². The Hall–Kier alpha value is -0.240. The second-order valence-electron chi connectivity index (χ2n) is 1.98. The minimum atomic E-state index is -5.15. The number of alkyl halides is 3. The maximum Gasteiger partial charge on any atom is 0.493 e. The van der Waals surface area contributed by atoms with E-state index in [1.807, 2.05) is 0 Å². The van der Waals surface area contributed by atoms with Crippen molar-refractivity contribution in [2.75, 3.05) is 0 Å². The molecule has 1 unspecified atom stereocenters. The van der Waals surface area contributed by atoms with Crippen molar-refractivity contribution in [3.63, 3.8) is 0 Å². The van der Waals surface area contributed by atoms with E-state index in [1.165, 1.54) is 6.92 Å². The number of hydrogen-bond donors (Lipinski definition) is 2. The Bertz CT molecular complexity index is 168. The highest BCUT2D eigenvalue weighted by Crippen LogP contribution is 2.56. The molecule has 0 amide bonds. The third kappa shape index (κ3) is 3.02. The zero-order valence-corrected chi connectivity index (χ0v) is 7.02. The Kier molecular flexibility index (Phi) is 3.58. The van der Waals surface area contributed by atoms with E-state index in [-0.39, 0.29) is 0 Å². The van der Waals surface area contributed by atoms with Gasteiger partial charge in [0.15, 0.2) is 10.9 Å². The van der Waals surface area contributed by atoms with E-state index in [4.69, 9.17) is 9.11 Å². The van der Waals surface area contributed by atoms with Gasteiger partial charge in [-0.25, -0.2) is 0 Å². The van der Waals surface area contributed by atoms with Gasteiger partial charge in [0.2, 0.25) is 0 Å². The van der Waals surface area contributed by atoms with Crippen LogP contribution in [-0.4, -0.2) is 20.7 Å². The number of halogens is 3. The van der Waals surface area contributed by atoms with Gasteiger partial charge in [-0.05, 0) is 6.92 Å². The van der Waals surface area contributed by atoms with Gasteiger partial charge in [0.25, 0.3) is 0 Å². The van der Waals surface area contributed by atoms with Crippen molar-refractivity contribution in [3.05, 3.63) is 12.7 Å². The van der Waals surface area contributed by atoms with Crippen LogP contribution in [0.4, 0.5) is 13.2 Å². The quantitative estimate of drug-likeness (QED) is 0.698. The van der Waals surface area contributed by atoms with E-state index in [9.17, 15) is 13.2 Å². The van der Waals surface area contributed by atoms with E-state index in [0.717, 1.165) is 6.08 Å². The lowest BCUT2D eigenvalue weighted by molar-refractivity contribution is -0.0685. The van der Waals surface area contributed by atoms with Crippen molar-refractivity contribution in [1.82, 2.24) is 0 Å². The molecule has 0 spiro atoms. The van der Waals surface area contributed by atoms with Crippen molar-refractivity contribution in [1.29, 1.82) is 0 Å². The molecule has 0 aliphatic rings. The SMILES string of the molecule is C=CC(C)OS(O)(O)C(F)(F)F. The summed E-state index contributed by atoms with van der Waals surface area (Å²) in [5, 5.41) is 0. The lowest BCUT2D eigenvalue weighted by atomic mass is 10.4. The Balaban J connectivity index is 4.32. The van der Waals surface area contributed by atoms with Gasteiger partial charge in [0.1, 0.15) is 0 Å². The molecule has 0 bridgehead atoms. The highest BCUT2D eigenvalue weighted by Gasteiger charge is 2.51. The Morgan fingerprint density at radius 2 is 1.92 bits per heavy atom. The molecule has 0 heterocycles. The van der Waals surface area contributed by atoms with E-state index in [2.05, 4.69) is 10.8 Å². The second-order valence-corrected chi connectivity index (χ2v) is 3.63. The fourth-order valence-electron chi connectivity index (χ4n) is 0.305. The molecule has 0 aromatic heterocycles. The minimum absolute atomic E-state index is 1.03. The molecule has 74 valence electrons. The first-order valence-corrected chi connectivity index (χ1v) is 4.33. The molecular formula is C5H9F3O3S. The van der Waals surface area contributed by atoms with E-state index in [0.29, 0.717) is 0 Å². The highest BCUT2D eigenvalue weighted by molar-refractivity contribution is 8.21. The highest BCUT2D eigenvalue weighted by atomic mass is 32.3. The molecule has 0 saturated carbocycles. The predicted molar refractivity (Wildman–Crippen MR) is 39.6 cm³/mol. The van der Waals surface area contributed by atoms with Gasteiger partial charge in [-0.1, -0.05) is 6.08 Å². The molecule has 0 rings (SSSR count). The molecule has 0 fully saturated rings. The van der Waals surface area contributed by atoms with Gasteiger partial charge in [-0.15, -0.1) is 6.58 Å². The van der Waals surface area contributed by atoms with Crippen LogP contribution in [0.1, 0.15) is 6.92 Å². The molecule has 0 aromatic rings. The van der Waals surface area contributed by atoms with Crippen LogP contribution < -0.4 is 0 Å². The van der Waals surface area contributed by atoms with Crippen molar-refractivity contribution < 1.29 is 26.5 Å². The van der Waals surface area contributed by atoms with Crippen LogP contribution in [0.15, 0.2) is 12.7 Å². The first-order valence-electron chi connectivity index (χ1n) is 2.86. The molecule has 0 aliphatic carbocycles. The molecule has 0 aromatic carbocycles. The molecule has 7 heteroatoms. The smallest absolute Gasteiger partial charge is 0.301 e. The van der Waals surface area contributed by atoms with Crippen LogP contribution in [0.2, 0.25) is 0 Å². The Morgan fingerprint density at radius 3 is 2.17 bits per heavy atom. The largest absolute Gasteiger partial charge is 0.493 e. The molecular weight excluding hydrogens is 197 g/mol. The standard InChI is InChI=1S/C5H9F3O3S/c1-3-4(2)11-12(9,10)5(6,7)8/h3-4,9-10H,1H2,2H3. The second kappa shape index (κ2) is 3.65. The molecule has 3 nitrogen and oxygen atoms in total. The van der Waals surface area contributed by atoms with Crippen molar-refractivity contribution >= 4 is 10.9 Å². The van der Waals surface area contributed by atoms with Crippen LogP contribution >= 0.6 is 10.9 Å². The molecule has 0 radical (unpaired) electrons. The van der Waals surface area contributed by atoms with Gasteiger partial charge in [-0.3, -0.25) is 4.18 Å². The van der Waals surface area contributed by atoms with Crippen LogP contribution in [-0.2, 0) is 4.18 Å². The molecule has 12 heavy (non-hydrogen) atoms. The number of hydrogen-bond acceptors (Lipinski definition) is 3. The zero-order chi connectivity index (χ0) is 9.99. The van der Waals surface area contributed by atoms with Gasteiger partial charge in [0, 0.05) is 0 Å². The molecule has 0 saturated heterocycles. The topological polar surface area (TPSA) is 49.7 Å². The minimum Gasteiger partial charge on any atom is -0.301 e. The third-order valence-electron chi connectivity index (χ3n) is 0.919. The first-order chi connectivity index (χ1) is 5.20. The lowest BCUT2D eigenvalue weighted by Crippen LogP contribution is -2.24.